The van der Waals surface area contributed by atoms with Crippen LogP contribution >= 0.6 is 56.7 Å². The van der Waals surface area contributed by atoms with E-state index >= 15 is 0 Å². The van der Waals surface area contributed by atoms with Crippen LogP contribution in [-0.2, 0) is 12.8 Å². The summed E-state index contributed by atoms with van der Waals surface area (Å²) in [6.07, 6.45) is 19.4. The molecular weight excluding hydrogens is 797 g/mol. The van der Waals surface area contributed by atoms with E-state index in [0.717, 1.165) is 55.5 Å². The van der Waals surface area contributed by atoms with Gasteiger partial charge < -0.3 is 0 Å². The lowest BCUT2D eigenvalue weighted by atomic mass is 9.92. The van der Waals surface area contributed by atoms with Crippen LogP contribution in [0, 0.1) is 57.2 Å². The van der Waals surface area contributed by atoms with Crippen molar-refractivity contribution < 1.29 is 0 Å². The predicted octanol–water partition coefficient (Wildman–Crippen LogP) is 10.8. The summed E-state index contributed by atoms with van der Waals surface area (Å²) >= 11 is 8.28. The molecule has 0 aliphatic heterocycles. The lowest BCUT2D eigenvalue weighted by Gasteiger charge is -2.14. The Bertz CT molecular complexity index is 2560. The molecule has 0 spiro atoms. The van der Waals surface area contributed by atoms with Gasteiger partial charge in [-0.25, -0.2) is 0 Å². The third-order valence-corrected chi connectivity index (χ3v) is 16.2. The van der Waals surface area contributed by atoms with Gasteiger partial charge in [0, 0.05) is 41.0 Å². The molecule has 6 heterocycles. The first kappa shape index (κ1) is 41.9. The topological polar surface area (TPSA) is 121 Å². The highest BCUT2D eigenvalue weighted by Gasteiger charge is 2.23. The molecule has 0 fully saturated rings. The standard InChI is InChI=1S/C46H44N6S5/c1-5-9-11-29(7-3)19-31-21-41(55-39(31)23-35-13-15-37(53-35)33(25-47)26-48)45-43-44(52-18-17-51-43)46(57-45)42-22-32(20-30(8-4)12-10-6-2)40(56-42)24-36-14-16-38(54-36)34(27-49)28-50/h13-18,21-24,29-30H,5-12,19-20H2,1-4H3/b35-23+,36-24+. The van der Waals surface area contributed by atoms with Gasteiger partial charge in [-0.2, -0.15) is 21.0 Å². The number of rotatable bonds is 16. The Labute approximate surface area is 355 Å². The van der Waals surface area contributed by atoms with Crippen molar-refractivity contribution in [2.45, 2.75) is 91.9 Å². The Balaban J connectivity index is 1.50. The summed E-state index contributed by atoms with van der Waals surface area (Å²) in [6, 6.07) is 20.6. The number of unbranched alkanes of at least 4 members (excludes halogenated alkanes) is 2. The smallest absolute Gasteiger partial charge is 0.146 e. The summed E-state index contributed by atoms with van der Waals surface area (Å²) in [4.78, 5) is 16.9. The van der Waals surface area contributed by atoms with Gasteiger partial charge in [0.05, 0.1) is 18.8 Å². The highest BCUT2D eigenvalue weighted by Crippen LogP contribution is 2.48. The predicted molar refractivity (Wildman–Crippen MR) is 242 cm³/mol. The molecule has 0 bridgehead atoms. The number of nitrogens with zero attached hydrogens (tertiary/aromatic N) is 6. The van der Waals surface area contributed by atoms with Crippen molar-refractivity contribution in [3.8, 4) is 43.8 Å². The highest BCUT2D eigenvalue weighted by molar-refractivity contribution is 7.28. The Morgan fingerprint density at radius 3 is 1.39 bits per heavy atom. The van der Waals surface area contributed by atoms with Crippen molar-refractivity contribution in [1.82, 2.24) is 9.97 Å². The number of fused-ring (bicyclic) bond motifs is 1. The number of nitriles is 4. The number of aromatic nitrogens is 2. The molecule has 6 aromatic heterocycles. The summed E-state index contributed by atoms with van der Waals surface area (Å²) in [5.41, 5.74) is 4.74. The molecule has 0 saturated carbocycles. The molecular formula is C46H44N6S5. The lowest BCUT2D eigenvalue weighted by Crippen LogP contribution is -2.04. The van der Waals surface area contributed by atoms with Gasteiger partial charge in [-0.1, -0.05) is 79.1 Å². The Morgan fingerprint density at radius 2 is 1.02 bits per heavy atom. The summed E-state index contributed by atoms with van der Waals surface area (Å²) in [6.45, 7) is 9.08. The van der Waals surface area contributed by atoms with E-state index < -0.39 is 0 Å². The van der Waals surface area contributed by atoms with E-state index in [9.17, 15) is 21.0 Å². The molecule has 288 valence electrons. The molecule has 0 radical (unpaired) electrons. The summed E-state index contributed by atoms with van der Waals surface area (Å²) in [5, 5.41) is 37.9. The zero-order chi connectivity index (χ0) is 40.3. The van der Waals surface area contributed by atoms with Crippen molar-refractivity contribution in [2.75, 3.05) is 0 Å². The minimum absolute atomic E-state index is 0.142. The fourth-order valence-corrected chi connectivity index (χ4v) is 12.7. The van der Waals surface area contributed by atoms with E-state index in [2.05, 4.69) is 52.0 Å². The zero-order valence-corrected chi connectivity index (χ0v) is 36.8. The van der Waals surface area contributed by atoms with Crippen LogP contribution in [0.5, 0.6) is 0 Å². The first-order valence-corrected chi connectivity index (χ1v) is 23.7. The van der Waals surface area contributed by atoms with Gasteiger partial charge in [0.25, 0.3) is 0 Å². The first-order chi connectivity index (χ1) is 27.9. The van der Waals surface area contributed by atoms with E-state index in [1.165, 1.54) is 91.8 Å². The third kappa shape index (κ3) is 9.88. The molecule has 0 N–H and O–H groups in total. The molecule has 0 amide bonds. The molecule has 2 atom stereocenters. The second-order valence-corrected chi connectivity index (χ2v) is 19.6. The average molecular weight is 841 g/mol. The average Bonchev–Trinajstić information content (AvgIpc) is 4.08. The third-order valence-electron chi connectivity index (χ3n) is 10.3. The van der Waals surface area contributed by atoms with Gasteiger partial charge in [-0.05, 0) is 84.4 Å². The Hall–Kier alpha value is -4.72. The number of hydrogen-bond donors (Lipinski definition) is 0. The molecule has 6 rings (SSSR count). The molecule has 0 saturated heterocycles. The summed E-state index contributed by atoms with van der Waals surface area (Å²) in [7, 11) is 0. The monoisotopic (exact) mass is 840 g/mol. The maximum absolute atomic E-state index is 9.48. The molecule has 0 aliphatic rings. The molecule has 0 aromatic carbocycles. The molecule has 0 aliphatic carbocycles. The van der Waals surface area contributed by atoms with Crippen molar-refractivity contribution in [3.05, 3.63) is 87.8 Å². The maximum atomic E-state index is 9.48. The minimum Gasteiger partial charge on any atom is -0.251 e. The summed E-state index contributed by atoms with van der Waals surface area (Å²) < 4.78 is 3.43. The van der Waals surface area contributed by atoms with Crippen molar-refractivity contribution in [2.24, 2.45) is 11.8 Å². The largest absolute Gasteiger partial charge is 0.251 e. The van der Waals surface area contributed by atoms with Crippen molar-refractivity contribution >= 4 is 91.0 Å². The van der Waals surface area contributed by atoms with Gasteiger partial charge >= 0.3 is 0 Å². The second-order valence-electron chi connectivity index (χ2n) is 14.1. The van der Waals surface area contributed by atoms with Crippen LogP contribution in [0.3, 0.4) is 0 Å². The first-order valence-electron chi connectivity index (χ1n) is 19.6. The highest BCUT2D eigenvalue weighted by atomic mass is 32.1. The Morgan fingerprint density at radius 1 is 0.596 bits per heavy atom. The van der Waals surface area contributed by atoms with E-state index in [0.29, 0.717) is 20.9 Å². The van der Waals surface area contributed by atoms with Crippen LogP contribution < -0.4 is 18.1 Å². The van der Waals surface area contributed by atoms with Crippen LogP contribution in [0.4, 0.5) is 0 Å². The second kappa shape index (κ2) is 20.1. The van der Waals surface area contributed by atoms with Crippen LogP contribution in [0.2, 0.25) is 0 Å². The van der Waals surface area contributed by atoms with E-state index in [1.54, 1.807) is 46.4 Å². The van der Waals surface area contributed by atoms with Crippen LogP contribution in [-0.4, -0.2) is 9.97 Å². The molecule has 11 heteroatoms. The fraction of sp³-hybridized carbons (Fsp3) is 0.348. The van der Waals surface area contributed by atoms with Gasteiger partial charge in [0.2, 0.25) is 0 Å². The van der Waals surface area contributed by atoms with Gasteiger partial charge in [-0.3, -0.25) is 9.97 Å². The quantitative estimate of drug-likeness (QED) is 0.0957. The number of hydrogen-bond acceptors (Lipinski definition) is 11. The van der Waals surface area contributed by atoms with E-state index in [-0.39, 0.29) is 11.1 Å². The van der Waals surface area contributed by atoms with E-state index in [4.69, 9.17) is 9.97 Å². The SMILES string of the molecule is CCCCC(CC)Cc1cc(-c2sc(-c3cc(CC(CC)CCCC)c(/C=c4\ccc(=C(C#N)C#N)s4)s3)c3nccnc23)sc1/C=c1\ccc(=C(C#N)C#N)s1. The van der Waals surface area contributed by atoms with Crippen LogP contribution in [0.15, 0.2) is 48.8 Å². The zero-order valence-electron chi connectivity index (χ0n) is 32.7. The van der Waals surface area contributed by atoms with Gasteiger partial charge in [0.1, 0.15) is 46.5 Å². The number of thiophene rings is 5. The fourth-order valence-electron chi connectivity index (χ4n) is 7.04. The summed E-state index contributed by atoms with van der Waals surface area (Å²) in [5.74, 6) is 1.16. The van der Waals surface area contributed by atoms with Gasteiger partial charge in [-0.15, -0.1) is 56.7 Å². The van der Waals surface area contributed by atoms with Gasteiger partial charge in [0.15, 0.2) is 0 Å². The minimum atomic E-state index is 0.142. The van der Waals surface area contributed by atoms with Crippen molar-refractivity contribution in [1.29, 1.82) is 21.0 Å². The Kier molecular flexibility index (Phi) is 14.8. The van der Waals surface area contributed by atoms with E-state index in [1.807, 2.05) is 48.5 Å². The normalized spacial score (nSPS) is 12.9. The maximum Gasteiger partial charge on any atom is 0.146 e. The van der Waals surface area contributed by atoms with Crippen LogP contribution in [0.1, 0.15) is 99.9 Å². The van der Waals surface area contributed by atoms with Crippen molar-refractivity contribution in [3.63, 3.8) is 0 Å². The molecule has 6 aromatic rings. The molecule has 6 nitrogen and oxygen atoms in total. The lowest BCUT2D eigenvalue weighted by molar-refractivity contribution is 0.449. The van der Waals surface area contributed by atoms with Crippen LogP contribution in [0.25, 0.3) is 53.8 Å². The molecule has 57 heavy (non-hydrogen) atoms. The molecule has 2 unspecified atom stereocenters.